The molecule has 1 aromatic rings. The van der Waals surface area contributed by atoms with Gasteiger partial charge < -0.3 is 10.8 Å². The van der Waals surface area contributed by atoms with E-state index < -0.39 is 16.1 Å². The van der Waals surface area contributed by atoms with E-state index >= 15 is 0 Å². The zero-order chi connectivity index (χ0) is 13.2. The minimum Gasteiger partial charge on any atom is -0.397 e. The van der Waals surface area contributed by atoms with E-state index in [1.165, 1.54) is 0 Å². The van der Waals surface area contributed by atoms with Gasteiger partial charge in [0.1, 0.15) is 4.90 Å². The van der Waals surface area contributed by atoms with Crippen molar-refractivity contribution in [2.75, 3.05) is 12.3 Å². The Labute approximate surface area is 102 Å². The van der Waals surface area contributed by atoms with Crippen LogP contribution in [0.25, 0.3) is 0 Å². The summed E-state index contributed by atoms with van der Waals surface area (Å²) in [5.74, 6) is 0. The fraction of sp³-hybridized carbons (Fsp3) is 0.455. The summed E-state index contributed by atoms with van der Waals surface area (Å²) in [4.78, 5) is 0.0952. The lowest BCUT2D eigenvalue weighted by Gasteiger charge is -2.16. The lowest BCUT2D eigenvalue weighted by Crippen LogP contribution is -2.35. The van der Waals surface area contributed by atoms with Crippen molar-refractivity contribution in [2.45, 2.75) is 31.7 Å². The van der Waals surface area contributed by atoms with Crippen LogP contribution in [0.5, 0.6) is 0 Å². The third kappa shape index (κ3) is 2.96. The fourth-order valence-corrected chi connectivity index (χ4v) is 3.19. The molecule has 0 saturated heterocycles. The smallest absolute Gasteiger partial charge is 0.243 e. The minimum absolute atomic E-state index is 0.0952. The maximum absolute atomic E-state index is 12.1. The molecule has 0 saturated carbocycles. The first-order chi connectivity index (χ1) is 7.79. The zero-order valence-electron chi connectivity index (χ0n) is 10.2. The standard InChI is InChI=1S/C11H18N2O3S/c1-7-4-5-8(2)11(10(7)12)17(15,16)13-9(3)6-14/h4-5,9,13-14H,6,12H2,1-3H3/t9-/m1/s1. The van der Waals surface area contributed by atoms with Gasteiger partial charge in [0.05, 0.1) is 12.3 Å². The summed E-state index contributed by atoms with van der Waals surface area (Å²) >= 11 is 0. The molecule has 96 valence electrons. The number of hydrogen-bond donors (Lipinski definition) is 3. The summed E-state index contributed by atoms with van der Waals surface area (Å²) in [5, 5.41) is 8.88. The van der Waals surface area contributed by atoms with Crippen molar-refractivity contribution in [3.8, 4) is 0 Å². The molecule has 0 unspecified atom stereocenters. The quantitative estimate of drug-likeness (QED) is 0.687. The fourth-order valence-electron chi connectivity index (χ4n) is 1.52. The highest BCUT2D eigenvalue weighted by Gasteiger charge is 2.22. The number of hydrogen-bond acceptors (Lipinski definition) is 4. The number of aryl methyl sites for hydroxylation is 2. The number of nitrogens with one attached hydrogen (secondary N) is 1. The second kappa shape index (κ2) is 5.03. The first kappa shape index (κ1) is 14.0. The lowest BCUT2D eigenvalue weighted by atomic mass is 10.1. The van der Waals surface area contributed by atoms with Crippen LogP contribution < -0.4 is 10.5 Å². The molecular weight excluding hydrogens is 240 g/mol. The molecule has 0 aromatic heterocycles. The number of anilines is 1. The second-order valence-corrected chi connectivity index (χ2v) is 5.80. The van der Waals surface area contributed by atoms with E-state index in [-0.39, 0.29) is 17.2 Å². The molecule has 0 heterocycles. The first-order valence-electron chi connectivity index (χ1n) is 5.28. The molecule has 1 rings (SSSR count). The first-order valence-corrected chi connectivity index (χ1v) is 6.76. The van der Waals surface area contributed by atoms with E-state index in [1.54, 1.807) is 32.9 Å². The number of nitrogen functional groups attached to an aromatic ring is 1. The summed E-state index contributed by atoms with van der Waals surface area (Å²) in [6.45, 7) is 4.76. The van der Waals surface area contributed by atoms with Gasteiger partial charge in [-0.1, -0.05) is 12.1 Å². The Hall–Kier alpha value is -1.11. The summed E-state index contributed by atoms with van der Waals surface area (Å²) < 4.78 is 26.6. The van der Waals surface area contributed by atoms with Crippen LogP contribution in [0.2, 0.25) is 0 Å². The van der Waals surface area contributed by atoms with Gasteiger partial charge >= 0.3 is 0 Å². The van der Waals surface area contributed by atoms with Gasteiger partial charge in [-0.15, -0.1) is 0 Å². The van der Waals surface area contributed by atoms with E-state index in [0.717, 1.165) is 0 Å². The molecule has 5 nitrogen and oxygen atoms in total. The van der Waals surface area contributed by atoms with E-state index in [9.17, 15) is 8.42 Å². The van der Waals surface area contributed by atoms with Gasteiger partial charge in [-0.3, -0.25) is 0 Å². The van der Waals surface area contributed by atoms with Gasteiger partial charge in [-0.05, 0) is 31.9 Å². The van der Waals surface area contributed by atoms with Crippen LogP contribution >= 0.6 is 0 Å². The van der Waals surface area contributed by atoms with Crippen LogP contribution in [0.1, 0.15) is 18.1 Å². The van der Waals surface area contributed by atoms with Crippen molar-refractivity contribution in [2.24, 2.45) is 0 Å². The number of benzene rings is 1. The normalized spacial score (nSPS) is 13.6. The van der Waals surface area contributed by atoms with E-state index in [2.05, 4.69) is 4.72 Å². The van der Waals surface area contributed by atoms with Crippen LogP contribution in [-0.2, 0) is 10.0 Å². The maximum Gasteiger partial charge on any atom is 0.243 e. The van der Waals surface area contributed by atoms with Gasteiger partial charge in [0.2, 0.25) is 10.0 Å². The van der Waals surface area contributed by atoms with Crippen LogP contribution in [0.15, 0.2) is 17.0 Å². The van der Waals surface area contributed by atoms with Crippen LogP contribution in [-0.4, -0.2) is 26.2 Å². The molecular formula is C11H18N2O3S. The largest absolute Gasteiger partial charge is 0.397 e. The maximum atomic E-state index is 12.1. The van der Waals surface area contributed by atoms with E-state index in [0.29, 0.717) is 11.1 Å². The molecule has 4 N–H and O–H groups in total. The highest BCUT2D eigenvalue weighted by Crippen LogP contribution is 2.25. The Morgan fingerprint density at radius 2 is 1.88 bits per heavy atom. The number of sulfonamides is 1. The molecule has 0 spiro atoms. The molecule has 1 atom stereocenters. The van der Waals surface area contributed by atoms with Crippen LogP contribution in [0, 0.1) is 13.8 Å². The zero-order valence-corrected chi connectivity index (χ0v) is 11.0. The molecule has 0 bridgehead atoms. The lowest BCUT2D eigenvalue weighted by molar-refractivity contribution is 0.265. The third-order valence-electron chi connectivity index (χ3n) is 2.51. The van der Waals surface area contributed by atoms with Gasteiger partial charge in [0.25, 0.3) is 0 Å². The molecule has 1 aromatic carbocycles. The summed E-state index contributed by atoms with van der Waals surface area (Å²) in [6.07, 6.45) is 0. The van der Waals surface area contributed by atoms with Crippen LogP contribution in [0.4, 0.5) is 5.69 Å². The molecule has 0 fully saturated rings. The topological polar surface area (TPSA) is 92.4 Å². The van der Waals surface area contributed by atoms with Gasteiger partial charge in [0, 0.05) is 6.04 Å². The molecule has 17 heavy (non-hydrogen) atoms. The summed E-state index contributed by atoms with van der Waals surface area (Å²) in [5.41, 5.74) is 7.36. The molecule has 0 amide bonds. The molecule has 0 aliphatic heterocycles. The SMILES string of the molecule is Cc1ccc(C)c(S(=O)(=O)N[C@H](C)CO)c1N. The molecule has 0 aliphatic carbocycles. The van der Waals surface area contributed by atoms with E-state index in [4.69, 9.17) is 10.8 Å². The molecule has 0 radical (unpaired) electrons. The highest BCUT2D eigenvalue weighted by molar-refractivity contribution is 7.89. The van der Waals surface area contributed by atoms with Gasteiger partial charge in [0.15, 0.2) is 0 Å². The number of aliphatic hydroxyl groups excluding tert-OH is 1. The number of aliphatic hydroxyl groups is 1. The third-order valence-corrected chi connectivity index (χ3v) is 4.30. The predicted octanol–water partition coefficient (Wildman–Crippen LogP) is 0.545. The number of rotatable bonds is 4. The summed E-state index contributed by atoms with van der Waals surface area (Å²) in [7, 11) is -3.69. The Morgan fingerprint density at radius 3 is 2.41 bits per heavy atom. The number of nitrogens with two attached hydrogens (primary N) is 1. The predicted molar refractivity (Wildman–Crippen MR) is 67.2 cm³/mol. The average molecular weight is 258 g/mol. The van der Waals surface area contributed by atoms with Crippen molar-refractivity contribution in [3.05, 3.63) is 23.3 Å². The second-order valence-electron chi connectivity index (χ2n) is 4.15. The Kier molecular flexibility index (Phi) is 4.13. The Bertz CT molecular complexity index is 512. The average Bonchev–Trinajstić information content (AvgIpc) is 2.23. The van der Waals surface area contributed by atoms with Crippen molar-refractivity contribution in [1.82, 2.24) is 4.72 Å². The van der Waals surface area contributed by atoms with Crippen molar-refractivity contribution >= 4 is 15.7 Å². The van der Waals surface area contributed by atoms with Crippen molar-refractivity contribution < 1.29 is 13.5 Å². The monoisotopic (exact) mass is 258 g/mol. The Balaban J connectivity index is 3.29. The van der Waals surface area contributed by atoms with Crippen LogP contribution in [0.3, 0.4) is 0 Å². The van der Waals surface area contributed by atoms with E-state index in [1.807, 2.05) is 0 Å². The summed E-state index contributed by atoms with van der Waals surface area (Å²) in [6, 6.07) is 2.95. The van der Waals surface area contributed by atoms with Gasteiger partial charge in [-0.2, -0.15) is 0 Å². The highest BCUT2D eigenvalue weighted by atomic mass is 32.2. The molecule has 6 heteroatoms. The minimum atomic E-state index is -3.69. The van der Waals surface area contributed by atoms with Crippen molar-refractivity contribution in [3.63, 3.8) is 0 Å². The Morgan fingerprint density at radius 1 is 1.35 bits per heavy atom. The molecule has 0 aliphatic rings. The van der Waals surface area contributed by atoms with Gasteiger partial charge in [-0.25, -0.2) is 13.1 Å². The van der Waals surface area contributed by atoms with Crippen molar-refractivity contribution in [1.29, 1.82) is 0 Å².